The number of nitriles is 1. The molecule has 0 aliphatic rings. The van der Waals surface area contributed by atoms with Crippen molar-refractivity contribution >= 4 is 11.6 Å². The van der Waals surface area contributed by atoms with Gasteiger partial charge >= 0.3 is 0 Å². The van der Waals surface area contributed by atoms with Gasteiger partial charge in [-0.05, 0) is 25.1 Å². The van der Waals surface area contributed by atoms with E-state index >= 15 is 0 Å². The Bertz CT molecular complexity index is 778. The van der Waals surface area contributed by atoms with Gasteiger partial charge in [-0.25, -0.2) is 4.39 Å². The monoisotopic (exact) mass is 292 g/mol. The quantitative estimate of drug-likeness (QED) is 0.925. The molecule has 2 rings (SSSR count). The minimum Gasteiger partial charge on any atom is -0.492 e. The maximum absolute atomic E-state index is 14.4. The Morgan fingerprint density at radius 3 is 2.70 bits per heavy atom. The lowest BCUT2D eigenvalue weighted by Gasteiger charge is -2.10. The number of pyridine rings is 1. The molecule has 0 atom stereocenters. The molecule has 0 bridgehead atoms. The fourth-order valence-electron chi connectivity index (χ4n) is 1.94. The number of hydrogen-bond donors (Lipinski definition) is 1. The molecule has 2 aromatic rings. The van der Waals surface area contributed by atoms with E-state index in [9.17, 15) is 9.18 Å². The molecule has 6 heteroatoms. The van der Waals surface area contributed by atoms with Crippen LogP contribution in [-0.4, -0.2) is 12.1 Å². The summed E-state index contributed by atoms with van der Waals surface area (Å²) in [6.45, 7) is 1.65. The van der Waals surface area contributed by atoms with Gasteiger partial charge in [-0.15, -0.1) is 0 Å². The third-order valence-corrected chi connectivity index (χ3v) is 3.12. The summed E-state index contributed by atoms with van der Waals surface area (Å²) in [6.07, 6.45) is 0. The van der Waals surface area contributed by atoms with Gasteiger partial charge in [0.05, 0.1) is 12.1 Å². The summed E-state index contributed by atoms with van der Waals surface area (Å²) in [5.74, 6) is -0.826. The van der Waals surface area contributed by atoms with Crippen LogP contribution >= 0.6 is 11.6 Å². The third kappa shape index (κ3) is 2.26. The SMILES string of the molecule is COc1c(Cl)ccc(-c2cc(C)[nH]c(=O)c2C#N)c1F. The molecule has 102 valence electrons. The van der Waals surface area contributed by atoms with Crippen molar-refractivity contribution in [3.05, 3.63) is 50.7 Å². The molecule has 20 heavy (non-hydrogen) atoms. The minimum atomic E-state index is -0.707. The van der Waals surface area contributed by atoms with Crippen molar-refractivity contribution in [3.63, 3.8) is 0 Å². The Morgan fingerprint density at radius 1 is 1.40 bits per heavy atom. The topological polar surface area (TPSA) is 65.9 Å². The van der Waals surface area contributed by atoms with Gasteiger partial charge in [-0.3, -0.25) is 4.79 Å². The predicted octanol–water partition coefficient (Wildman–Crippen LogP) is 3.02. The van der Waals surface area contributed by atoms with Crippen LogP contribution in [0.15, 0.2) is 23.0 Å². The van der Waals surface area contributed by atoms with Crippen LogP contribution in [0.2, 0.25) is 5.02 Å². The van der Waals surface area contributed by atoms with Crippen LogP contribution in [-0.2, 0) is 0 Å². The van der Waals surface area contributed by atoms with Crippen molar-refractivity contribution in [3.8, 4) is 22.9 Å². The van der Waals surface area contributed by atoms with E-state index in [1.54, 1.807) is 13.0 Å². The number of hydrogen-bond acceptors (Lipinski definition) is 3. The number of halogens is 2. The Hall–Kier alpha value is -2.32. The fraction of sp³-hybridized carbons (Fsp3) is 0.143. The summed E-state index contributed by atoms with van der Waals surface area (Å²) in [6, 6.07) is 6.18. The average Bonchev–Trinajstić information content (AvgIpc) is 2.38. The summed E-state index contributed by atoms with van der Waals surface area (Å²) < 4.78 is 19.3. The molecule has 0 aliphatic carbocycles. The lowest BCUT2D eigenvalue weighted by molar-refractivity contribution is 0.387. The zero-order chi connectivity index (χ0) is 14.9. The van der Waals surface area contributed by atoms with E-state index in [1.807, 2.05) is 0 Å². The largest absolute Gasteiger partial charge is 0.492 e. The van der Waals surface area contributed by atoms with E-state index in [1.165, 1.54) is 25.3 Å². The molecule has 1 aromatic carbocycles. The Kier molecular flexibility index (Phi) is 3.77. The average molecular weight is 293 g/mol. The van der Waals surface area contributed by atoms with E-state index in [0.29, 0.717) is 5.69 Å². The number of aromatic nitrogens is 1. The van der Waals surface area contributed by atoms with Crippen LogP contribution in [0.4, 0.5) is 4.39 Å². The van der Waals surface area contributed by atoms with Gasteiger partial charge in [-0.2, -0.15) is 5.26 Å². The molecule has 0 radical (unpaired) electrons. The first-order valence-electron chi connectivity index (χ1n) is 5.66. The number of methoxy groups -OCH3 is 1. The highest BCUT2D eigenvalue weighted by Gasteiger charge is 2.18. The van der Waals surface area contributed by atoms with Crippen molar-refractivity contribution < 1.29 is 9.13 Å². The van der Waals surface area contributed by atoms with Gasteiger partial charge in [-0.1, -0.05) is 11.6 Å². The van der Waals surface area contributed by atoms with E-state index in [-0.39, 0.29) is 27.5 Å². The van der Waals surface area contributed by atoms with E-state index in [4.69, 9.17) is 21.6 Å². The van der Waals surface area contributed by atoms with Gasteiger partial charge < -0.3 is 9.72 Å². The highest BCUT2D eigenvalue weighted by atomic mass is 35.5. The van der Waals surface area contributed by atoms with Crippen molar-refractivity contribution in [2.24, 2.45) is 0 Å². The molecule has 4 nitrogen and oxygen atoms in total. The van der Waals surface area contributed by atoms with Gasteiger partial charge in [0.15, 0.2) is 11.6 Å². The third-order valence-electron chi connectivity index (χ3n) is 2.82. The van der Waals surface area contributed by atoms with Gasteiger partial charge in [0.25, 0.3) is 5.56 Å². The molecule has 0 spiro atoms. The molecule has 0 fully saturated rings. The number of aryl methyl sites for hydroxylation is 1. The van der Waals surface area contributed by atoms with E-state index in [2.05, 4.69) is 4.98 Å². The summed E-state index contributed by atoms with van der Waals surface area (Å²) >= 11 is 5.83. The second-order valence-corrected chi connectivity index (χ2v) is 4.53. The molecule has 0 aliphatic heterocycles. The Balaban J connectivity index is 2.83. The molecule has 1 heterocycles. The summed E-state index contributed by atoms with van der Waals surface area (Å²) in [7, 11) is 1.29. The van der Waals surface area contributed by atoms with E-state index < -0.39 is 11.4 Å². The number of aromatic amines is 1. The maximum atomic E-state index is 14.4. The van der Waals surface area contributed by atoms with Crippen LogP contribution in [0.1, 0.15) is 11.3 Å². The smallest absolute Gasteiger partial charge is 0.266 e. The number of nitrogens with zero attached hydrogens (tertiary/aromatic N) is 1. The molecule has 0 saturated heterocycles. The first-order valence-corrected chi connectivity index (χ1v) is 6.03. The standard InChI is InChI=1S/C14H10ClFN2O2/c1-7-5-9(10(6-17)14(19)18-7)8-3-4-11(15)13(20-2)12(8)16/h3-5H,1-2H3,(H,18,19). The number of H-pyrrole nitrogens is 1. The molecule has 0 unspecified atom stereocenters. The van der Waals surface area contributed by atoms with Crippen LogP contribution in [0, 0.1) is 24.1 Å². The van der Waals surface area contributed by atoms with E-state index in [0.717, 1.165) is 0 Å². The second-order valence-electron chi connectivity index (χ2n) is 4.12. The highest BCUT2D eigenvalue weighted by Crippen LogP contribution is 2.35. The molecule has 1 N–H and O–H groups in total. The van der Waals surface area contributed by atoms with Crippen molar-refractivity contribution in [1.82, 2.24) is 4.98 Å². The summed E-state index contributed by atoms with van der Waals surface area (Å²) in [4.78, 5) is 14.2. The van der Waals surface area contributed by atoms with Gasteiger partial charge in [0.2, 0.25) is 0 Å². The number of ether oxygens (including phenoxy) is 1. The first-order chi connectivity index (χ1) is 9.49. The molecule has 0 saturated carbocycles. The van der Waals surface area contributed by atoms with Crippen LogP contribution in [0.25, 0.3) is 11.1 Å². The summed E-state index contributed by atoms with van der Waals surface area (Å²) in [5.41, 5.74) is 0.116. The normalized spacial score (nSPS) is 10.2. The van der Waals surface area contributed by atoms with Crippen LogP contribution in [0.3, 0.4) is 0 Å². The molecular formula is C14H10ClFN2O2. The van der Waals surface area contributed by atoms with Crippen LogP contribution < -0.4 is 10.3 Å². The van der Waals surface area contributed by atoms with Crippen molar-refractivity contribution in [1.29, 1.82) is 5.26 Å². The Labute approximate surface area is 119 Å². The highest BCUT2D eigenvalue weighted by molar-refractivity contribution is 6.32. The first kappa shape index (κ1) is 14.1. The lowest BCUT2D eigenvalue weighted by Crippen LogP contribution is -2.13. The second kappa shape index (κ2) is 5.35. The minimum absolute atomic E-state index is 0.0944. The zero-order valence-corrected chi connectivity index (χ0v) is 11.5. The maximum Gasteiger partial charge on any atom is 0.266 e. The predicted molar refractivity (Wildman–Crippen MR) is 73.5 cm³/mol. The van der Waals surface area contributed by atoms with Crippen molar-refractivity contribution in [2.75, 3.05) is 7.11 Å². The number of rotatable bonds is 2. The Morgan fingerprint density at radius 2 is 2.10 bits per heavy atom. The number of benzene rings is 1. The van der Waals surface area contributed by atoms with Crippen molar-refractivity contribution in [2.45, 2.75) is 6.92 Å². The summed E-state index contributed by atoms with van der Waals surface area (Å²) in [5, 5.41) is 9.19. The zero-order valence-electron chi connectivity index (χ0n) is 10.8. The molecular weight excluding hydrogens is 283 g/mol. The molecule has 1 aromatic heterocycles. The molecule has 0 amide bonds. The van der Waals surface area contributed by atoms with Gasteiger partial charge in [0, 0.05) is 16.8 Å². The van der Waals surface area contributed by atoms with Gasteiger partial charge in [0.1, 0.15) is 11.6 Å². The lowest BCUT2D eigenvalue weighted by atomic mass is 10.00. The van der Waals surface area contributed by atoms with Crippen LogP contribution in [0.5, 0.6) is 5.75 Å². The number of nitrogens with one attached hydrogen (secondary N) is 1. The fourth-order valence-corrected chi connectivity index (χ4v) is 2.16.